The number of carbonyl (C=O) groups excluding carboxylic acids is 2. The molecule has 1 fully saturated rings. The van der Waals surface area contributed by atoms with Crippen molar-refractivity contribution in [3.8, 4) is 0 Å². The van der Waals surface area contributed by atoms with Gasteiger partial charge in [0.05, 0.1) is 23.3 Å². The number of anilines is 3. The summed E-state index contributed by atoms with van der Waals surface area (Å²) in [7, 11) is -2.90. The van der Waals surface area contributed by atoms with Gasteiger partial charge in [-0.05, 0) is 55.4 Å². The third-order valence-electron chi connectivity index (χ3n) is 8.26. The highest BCUT2D eigenvalue weighted by molar-refractivity contribution is 6.71. The standard InChI is InChI=1S/C30H33N3O7Si/c1-20-28(41(2,3)39)27(14-15-34)40-30(20)25-17-24(33(37)38)12-13-26(25)31(29(30)36)18-21-8-7-11-23(16-21)32(19-35)22-9-5-4-6-10-22/h4-13,16-17,19-20,27-28,34,39H,14-15,18H2,1-3H3/t20-,27+,28-,30+/m1/s1. The van der Waals surface area contributed by atoms with Crippen LogP contribution in [0.3, 0.4) is 0 Å². The molecule has 41 heavy (non-hydrogen) atoms. The van der Waals surface area contributed by atoms with Gasteiger partial charge in [-0.3, -0.25) is 24.6 Å². The van der Waals surface area contributed by atoms with Crippen LogP contribution >= 0.6 is 0 Å². The summed E-state index contributed by atoms with van der Waals surface area (Å²) in [6.45, 7) is 5.36. The second-order valence-electron chi connectivity index (χ2n) is 11.2. The van der Waals surface area contributed by atoms with Gasteiger partial charge in [-0.1, -0.05) is 37.3 Å². The molecule has 5 rings (SSSR count). The Balaban J connectivity index is 1.58. The minimum absolute atomic E-state index is 0.131. The van der Waals surface area contributed by atoms with Gasteiger partial charge in [0.2, 0.25) is 6.41 Å². The SMILES string of the molecule is C[C@@H]1[C@@H]([Si](C)(C)O)[C@H](CCO)O[C@@]12C(=O)N(Cc1cccc(N(C=O)c3ccccc3)c1)c1ccc([N+](=O)[O-])cc12. The second-order valence-corrected chi connectivity index (χ2v) is 15.2. The first-order chi connectivity index (χ1) is 19.5. The number of hydrogen-bond acceptors (Lipinski definition) is 7. The fourth-order valence-corrected chi connectivity index (χ4v) is 9.18. The van der Waals surface area contributed by atoms with E-state index < -0.39 is 30.9 Å². The molecular formula is C30H33N3O7Si. The first kappa shape index (κ1) is 28.6. The summed E-state index contributed by atoms with van der Waals surface area (Å²) >= 11 is 0. The summed E-state index contributed by atoms with van der Waals surface area (Å²) in [5, 5.41) is 21.5. The van der Waals surface area contributed by atoms with Gasteiger partial charge in [-0.2, -0.15) is 0 Å². The molecule has 4 atom stereocenters. The molecule has 11 heteroatoms. The van der Waals surface area contributed by atoms with E-state index in [1.807, 2.05) is 49.4 Å². The molecule has 214 valence electrons. The van der Waals surface area contributed by atoms with Crippen molar-refractivity contribution in [1.29, 1.82) is 0 Å². The van der Waals surface area contributed by atoms with Crippen LogP contribution < -0.4 is 9.80 Å². The third kappa shape index (κ3) is 4.84. The van der Waals surface area contributed by atoms with E-state index in [0.717, 1.165) is 12.0 Å². The molecule has 0 radical (unpaired) electrons. The Labute approximate surface area is 239 Å². The lowest BCUT2D eigenvalue weighted by Crippen LogP contribution is -2.46. The van der Waals surface area contributed by atoms with Crippen molar-refractivity contribution in [3.63, 3.8) is 0 Å². The minimum atomic E-state index is -2.90. The number of aliphatic hydroxyl groups is 1. The van der Waals surface area contributed by atoms with Crippen LogP contribution in [-0.4, -0.2) is 48.2 Å². The molecule has 2 N–H and O–H groups in total. The van der Waals surface area contributed by atoms with Crippen LogP contribution in [0, 0.1) is 16.0 Å². The molecule has 0 bridgehead atoms. The average molecular weight is 576 g/mol. The van der Waals surface area contributed by atoms with E-state index in [2.05, 4.69) is 0 Å². The number of amides is 2. The zero-order valence-electron chi connectivity index (χ0n) is 23.1. The van der Waals surface area contributed by atoms with Crippen molar-refractivity contribution >= 4 is 43.4 Å². The van der Waals surface area contributed by atoms with Crippen LogP contribution in [0.4, 0.5) is 22.7 Å². The number of carbonyl (C=O) groups is 2. The topological polar surface area (TPSA) is 133 Å². The molecule has 10 nitrogen and oxygen atoms in total. The Bertz CT molecular complexity index is 1480. The first-order valence-electron chi connectivity index (χ1n) is 13.5. The molecule has 3 aromatic carbocycles. The van der Waals surface area contributed by atoms with Crippen molar-refractivity contribution in [3.05, 3.63) is 94.0 Å². The number of ether oxygens (including phenoxy) is 1. The molecule has 0 saturated carbocycles. The summed E-state index contributed by atoms with van der Waals surface area (Å²) in [5.41, 5.74) is 0.843. The predicted octanol–water partition coefficient (Wildman–Crippen LogP) is 4.62. The summed E-state index contributed by atoms with van der Waals surface area (Å²) < 4.78 is 6.53. The smallest absolute Gasteiger partial charge is 0.269 e. The van der Waals surface area contributed by atoms with Crippen LogP contribution in [0.25, 0.3) is 0 Å². The van der Waals surface area contributed by atoms with Gasteiger partial charge in [0, 0.05) is 47.1 Å². The van der Waals surface area contributed by atoms with Gasteiger partial charge >= 0.3 is 0 Å². The summed E-state index contributed by atoms with van der Waals surface area (Å²) in [6, 6.07) is 20.8. The van der Waals surface area contributed by atoms with E-state index >= 15 is 0 Å². The maximum Gasteiger partial charge on any atom is 0.269 e. The van der Waals surface area contributed by atoms with Crippen LogP contribution in [0.5, 0.6) is 0 Å². The van der Waals surface area contributed by atoms with Gasteiger partial charge in [-0.25, -0.2) is 0 Å². The van der Waals surface area contributed by atoms with Gasteiger partial charge in [0.25, 0.3) is 11.6 Å². The van der Waals surface area contributed by atoms with Crippen molar-refractivity contribution < 1.29 is 29.2 Å². The largest absolute Gasteiger partial charge is 0.432 e. The Morgan fingerprint density at radius 1 is 1.10 bits per heavy atom. The maximum atomic E-state index is 14.4. The zero-order chi connectivity index (χ0) is 29.5. The number of hydrogen-bond donors (Lipinski definition) is 2. The second kappa shape index (κ2) is 10.8. The van der Waals surface area contributed by atoms with E-state index in [9.17, 15) is 29.6 Å². The third-order valence-corrected chi connectivity index (χ3v) is 10.8. The average Bonchev–Trinajstić information content (AvgIpc) is 3.36. The number of non-ortho nitro benzene ring substituents is 1. The monoisotopic (exact) mass is 575 g/mol. The summed E-state index contributed by atoms with van der Waals surface area (Å²) in [5.74, 6) is -0.871. The van der Waals surface area contributed by atoms with E-state index in [0.29, 0.717) is 22.6 Å². The zero-order valence-corrected chi connectivity index (χ0v) is 24.1. The number of fused-ring (bicyclic) bond motifs is 2. The lowest BCUT2D eigenvalue weighted by Gasteiger charge is -2.32. The molecule has 1 spiro atoms. The molecule has 1 saturated heterocycles. The van der Waals surface area contributed by atoms with Crippen molar-refractivity contribution in [1.82, 2.24) is 0 Å². The van der Waals surface area contributed by atoms with Crippen LogP contribution in [0.1, 0.15) is 24.5 Å². The highest BCUT2D eigenvalue weighted by Gasteiger charge is 2.66. The fourth-order valence-electron chi connectivity index (χ4n) is 6.58. The molecular weight excluding hydrogens is 542 g/mol. The number of nitro benzene ring substituents is 1. The summed E-state index contributed by atoms with van der Waals surface area (Å²) in [6.07, 6.45) is 0.372. The van der Waals surface area contributed by atoms with Gasteiger partial charge in [-0.15, -0.1) is 0 Å². The minimum Gasteiger partial charge on any atom is -0.432 e. The number of benzene rings is 3. The number of nitro groups is 1. The maximum absolute atomic E-state index is 14.4. The molecule has 2 aliphatic rings. The van der Waals surface area contributed by atoms with Crippen LogP contribution in [0.2, 0.25) is 18.6 Å². The van der Waals surface area contributed by atoms with E-state index in [-0.39, 0.29) is 36.7 Å². The first-order valence-corrected chi connectivity index (χ1v) is 16.6. The van der Waals surface area contributed by atoms with E-state index in [4.69, 9.17) is 4.74 Å². The molecule has 0 unspecified atom stereocenters. The highest BCUT2D eigenvalue weighted by Crippen LogP contribution is 2.60. The number of rotatable bonds is 9. The summed E-state index contributed by atoms with van der Waals surface area (Å²) in [4.78, 5) is 52.0. The van der Waals surface area contributed by atoms with Crippen molar-refractivity contribution in [2.24, 2.45) is 5.92 Å². The van der Waals surface area contributed by atoms with Crippen LogP contribution in [0.15, 0.2) is 72.8 Å². The van der Waals surface area contributed by atoms with Crippen molar-refractivity contribution in [2.75, 3.05) is 16.4 Å². The number of nitrogens with zero attached hydrogens (tertiary/aromatic N) is 3. The fraction of sp³-hybridized carbons (Fsp3) is 0.333. The van der Waals surface area contributed by atoms with Crippen molar-refractivity contribution in [2.45, 2.75) is 50.2 Å². The van der Waals surface area contributed by atoms with Crippen LogP contribution in [-0.2, 0) is 26.5 Å². The number of aliphatic hydroxyl groups excluding tert-OH is 1. The molecule has 0 aliphatic carbocycles. The number of para-hydroxylation sites is 1. The Hall–Kier alpha value is -3.90. The highest BCUT2D eigenvalue weighted by atomic mass is 28.4. The van der Waals surface area contributed by atoms with Gasteiger partial charge in [0.1, 0.15) is 0 Å². The molecule has 2 amide bonds. The predicted molar refractivity (Wildman–Crippen MR) is 156 cm³/mol. The Morgan fingerprint density at radius 3 is 2.44 bits per heavy atom. The normalized spacial score (nSPS) is 23.6. The van der Waals surface area contributed by atoms with E-state index in [1.165, 1.54) is 17.0 Å². The van der Waals surface area contributed by atoms with E-state index in [1.54, 1.807) is 36.2 Å². The Kier molecular flexibility index (Phi) is 7.55. The van der Waals surface area contributed by atoms with Gasteiger partial charge < -0.3 is 19.5 Å². The molecule has 0 aromatic heterocycles. The molecule has 2 heterocycles. The Morgan fingerprint density at radius 2 is 1.80 bits per heavy atom. The van der Waals surface area contributed by atoms with Gasteiger partial charge in [0.15, 0.2) is 13.9 Å². The lowest BCUT2D eigenvalue weighted by atomic mass is 9.82. The lowest BCUT2D eigenvalue weighted by molar-refractivity contribution is -0.385. The quantitative estimate of drug-likeness (QED) is 0.165. The molecule has 3 aromatic rings. The molecule has 2 aliphatic heterocycles.